The normalized spacial score (nSPS) is 19.3. The number of nitrogens with zero attached hydrogens (tertiary/aromatic N) is 1. The lowest BCUT2D eigenvalue weighted by Gasteiger charge is -2.24. The van der Waals surface area contributed by atoms with Gasteiger partial charge in [-0.2, -0.15) is 0 Å². The minimum Gasteiger partial charge on any atom is -0.314 e. The van der Waals surface area contributed by atoms with E-state index in [1.807, 2.05) is 12.3 Å². The minimum atomic E-state index is 0.589. The highest BCUT2D eigenvalue weighted by Gasteiger charge is 2.15. The molecule has 1 saturated heterocycles. The number of hydrogen-bond acceptors (Lipinski definition) is 2. The maximum atomic E-state index is 4.61. The molecule has 1 aliphatic heterocycles. The highest BCUT2D eigenvalue weighted by Crippen LogP contribution is 2.24. The van der Waals surface area contributed by atoms with Crippen molar-refractivity contribution in [2.75, 3.05) is 6.54 Å². The average molecular weight is 252 g/mol. The van der Waals surface area contributed by atoms with Crippen molar-refractivity contribution in [3.63, 3.8) is 0 Å². The molecule has 19 heavy (non-hydrogen) atoms. The first kappa shape index (κ1) is 12.4. The zero-order valence-corrected chi connectivity index (χ0v) is 11.2. The summed E-state index contributed by atoms with van der Waals surface area (Å²) in [5.74, 6) is 0. The van der Waals surface area contributed by atoms with Crippen molar-refractivity contribution in [1.29, 1.82) is 0 Å². The van der Waals surface area contributed by atoms with Crippen molar-refractivity contribution in [3.8, 4) is 11.1 Å². The molecule has 1 aliphatic rings. The Morgan fingerprint density at radius 3 is 2.74 bits per heavy atom. The van der Waals surface area contributed by atoms with E-state index in [2.05, 4.69) is 46.7 Å². The van der Waals surface area contributed by atoms with Crippen molar-refractivity contribution < 1.29 is 0 Å². The fraction of sp³-hybridized carbons (Fsp3) is 0.353. The van der Waals surface area contributed by atoms with Gasteiger partial charge in [0.1, 0.15) is 0 Å². The van der Waals surface area contributed by atoms with Crippen LogP contribution in [0.3, 0.4) is 0 Å². The van der Waals surface area contributed by atoms with Crippen LogP contribution in [0, 0.1) is 0 Å². The molecule has 0 spiro atoms. The third-order valence-electron chi connectivity index (χ3n) is 3.83. The van der Waals surface area contributed by atoms with E-state index in [9.17, 15) is 0 Å². The second-order valence-corrected chi connectivity index (χ2v) is 5.21. The van der Waals surface area contributed by atoms with Gasteiger partial charge in [-0.15, -0.1) is 0 Å². The van der Waals surface area contributed by atoms with E-state index in [0.29, 0.717) is 6.04 Å². The first-order valence-electron chi connectivity index (χ1n) is 7.16. The van der Waals surface area contributed by atoms with E-state index < -0.39 is 0 Å². The lowest BCUT2D eigenvalue weighted by molar-refractivity contribution is 0.397. The van der Waals surface area contributed by atoms with E-state index in [1.165, 1.54) is 36.1 Å². The molecule has 0 amide bonds. The second-order valence-electron chi connectivity index (χ2n) is 5.21. The number of rotatable bonds is 3. The van der Waals surface area contributed by atoms with Crippen LogP contribution in [0.15, 0.2) is 48.7 Å². The van der Waals surface area contributed by atoms with Crippen LogP contribution >= 0.6 is 0 Å². The van der Waals surface area contributed by atoms with Crippen molar-refractivity contribution in [2.45, 2.75) is 31.7 Å². The molecule has 1 aromatic carbocycles. The summed E-state index contributed by atoms with van der Waals surface area (Å²) in [6, 6.07) is 15.4. The van der Waals surface area contributed by atoms with Gasteiger partial charge in [-0.05, 0) is 31.0 Å². The number of pyridine rings is 1. The molecule has 2 heteroatoms. The van der Waals surface area contributed by atoms with Gasteiger partial charge in [0.15, 0.2) is 0 Å². The van der Waals surface area contributed by atoms with Gasteiger partial charge in [-0.25, -0.2) is 0 Å². The molecular formula is C17H20N2. The first-order chi connectivity index (χ1) is 9.43. The monoisotopic (exact) mass is 252 g/mol. The van der Waals surface area contributed by atoms with Gasteiger partial charge in [0.2, 0.25) is 0 Å². The number of benzene rings is 1. The van der Waals surface area contributed by atoms with Gasteiger partial charge in [0.05, 0.1) is 0 Å². The molecule has 2 nitrogen and oxygen atoms in total. The standard InChI is InChI=1S/C17H20N2/c1-2-7-14(8-3-1)16-10-6-12-19-17(16)13-15-9-4-5-11-18-15/h1-3,6-8,10,12,15,18H,4-5,9,11,13H2. The van der Waals surface area contributed by atoms with Crippen molar-refractivity contribution >= 4 is 0 Å². The van der Waals surface area contributed by atoms with Crippen molar-refractivity contribution in [3.05, 3.63) is 54.4 Å². The van der Waals surface area contributed by atoms with Crippen LogP contribution in [0.4, 0.5) is 0 Å². The Labute approximate surface area is 114 Å². The molecule has 0 saturated carbocycles. The van der Waals surface area contributed by atoms with Gasteiger partial charge in [0.25, 0.3) is 0 Å². The van der Waals surface area contributed by atoms with Crippen LogP contribution in [0.25, 0.3) is 11.1 Å². The SMILES string of the molecule is c1ccc(-c2cccnc2CC2CCCCN2)cc1. The Bertz CT molecular complexity index is 516. The van der Waals surface area contributed by atoms with Crippen LogP contribution in [-0.4, -0.2) is 17.6 Å². The van der Waals surface area contributed by atoms with Gasteiger partial charge < -0.3 is 5.32 Å². The molecule has 1 fully saturated rings. The summed E-state index contributed by atoms with van der Waals surface area (Å²) in [6.45, 7) is 1.15. The Kier molecular flexibility index (Phi) is 3.89. The van der Waals surface area contributed by atoms with Gasteiger partial charge in [0, 0.05) is 29.9 Å². The lowest BCUT2D eigenvalue weighted by atomic mass is 9.96. The Balaban J connectivity index is 1.85. The third-order valence-corrected chi connectivity index (χ3v) is 3.83. The summed E-state index contributed by atoms with van der Waals surface area (Å²) in [5, 5.41) is 3.61. The lowest BCUT2D eigenvalue weighted by Crippen LogP contribution is -2.35. The summed E-state index contributed by atoms with van der Waals surface area (Å²) < 4.78 is 0. The Morgan fingerprint density at radius 1 is 1.05 bits per heavy atom. The van der Waals surface area contributed by atoms with Crippen LogP contribution in [-0.2, 0) is 6.42 Å². The molecule has 1 aromatic heterocycles. The molecule has 2 heterocycles. The van der Waals surface area contributed by atoms with E-state index >= 15 is 0 Å². The summed E-state index contributed by atoms with van der Waals surface area (Å²) in [4.78, 5) is 4.61. The van der Waals surface area contributed by atoms with Crippen LogP contribution in [0.2, 0.25) is 0 Å². The molecule has 1 N–H and O–H groups in total. The highest BCUT2D eigenvalue weighted by atomic mass is 14.9. The molecule has 2 aromatic rings. The first-order valence-corrected chi connectivity index (χ1v) is 7.16. The van der Waals surface area contributed by atoms with Crippen LogP contribution < -0.4 is 5.32 Å². The van der Waals surface area contributed by atoms with Crippen molar-refractivity contribution in [1.82, 2.24) is 10.3 Å². The zero-order chi connectivity index (χ0) is 12.9. The van der Waals surface area contributed by atoms with Gasteiger partial charge in [-0.1, -0.05) is 42.8 Å². The number of piperidine rings is 1. The van der Waals surface area contributed by atoms with E-state index in [0.717, 1.165) is 13.0 Å². The molecule has 0 radical (unpaired) electrons. The summed E-state index contributed by atoms with van der Waals surface area (Å²) in [5.41, 5.74) is 3.75. The highest BCUT2D eigenvalue weighted by molar-refractivity contribution is 5.65. The fourth-order valence-corrected chi connectivity index (χ4v) is 2.81. The summed E-state index contributed by atoms with van der Waals surface area (Å²) in [6.07, 6.45) is 6.86. The van der Waals surface area contributed by atoms with Gasteiger partial charge >= 0.3 is 0 Å². The van der Waals surface area contributed by atoms with Crippen LogP contribution in [0.1, 0.15) is 25.0 Å². The Hall–Kier alpha value is -1.67. The molecule has 1 atom stereocenters. The largest absolute Gasteiger partial charge is 0.314 e. The molecule has 0 bridgehead atoms. The predicted molar refractivity (Wildman–Crippen MR) is 79.0 cm³/mol. The number of aromatic nitrogens is 1. The van der Waals surface area contributed by atoms with E-state index in [1.54, 1.807) is 0 Å². The topological polar surface area (TPSA) is 24.9 Å². The third kappa shape index (κ3) is 3.02. The predicted octanol–water partition coefficient (Wildman–Crippen LogP) is 3.43. The molecule has 3 rings (SSSR count). The summed E-state index contributed by atoms with van der Waals surface area (Å²) >= 11 is 0. The maximum absolute atomic E-state index is 4.61. The minimum absolute atomic E-state index is 0.589. The number of hydrogen-bond donors (Lipinski definition) is 1. The molecule has 0 aliphatic carbocycles. The quantitative estimate of drug-likeness (QED) is 0.905. The smallest absolute Gasteiger partial charge is 0.0497 e. The summed E-state index contributed by atoms with van der Waals surface area (Å²) in [7, 11) is 0. The number of nitrogens with one attached hydrogen (secondary N) is 1. The van der Waals surface area contributed by atoms with Crippen molar-refractivity contribution in [2.24, 2.45) is 0 Å². The second kappa shape index (κ2) is 5.98. The maximum Gasteiger partial charge on any atom is 0.0497 e. The van der Waals surface area contributed by atoms with E-state index in [-0.39, 0.29) is 0 Å². The average Bonchev–Trinajstić information content (AvgIpc) is 2.50. The van der Waals surface area contributed by atoms with Gasteiger partial charge in [-0.3, -0.25) is 4.98 Å². The molecule has 98 valence electrons. The zero-order valence-electron chi connectivity index (χ0n) is 11.2. The fourth-order valence-electron chi connectivity index (χ4n) is 2.81. The Morgan fingerprint density at radius 2 is 1.95 bits per heavy atom. The van der Waals surface area contributed by atoms with Crippen LogP contribution in [0.5, 0.6) is 0 Å². The van der Waals surface area contributed by atoms with E-state index in [4.69, 9.17) is 0 Å². The molecular weight excluding hydrogens is 232 g/mol. The molecule has 1 unspecified atom stereocenters.